The molecular weight excluding hydrogens is 488 g/mol. The molecule has 1 aliphatic rings. The fourth-order valence-electron chi connectivity index (χ4n) is 2.78. The molecule has 1 heterocycles. The molecule has 6 nitrogen and oxygen atoms in total. The lowest BCUT2D eigenvalue weighted by molar-refractivity contribution is 0.208. The van der Waals surface area contributed by atoms with Crippen LogP contribution in [-0.2, 0) is 11.2 Å². The van der Waals surface area contributed by atoms with Crippen molar-refractivity contribution < 1.29 is 18.6 Å². The second-order valence-corrected chi connectivity index (χ2v) is 6.33. The number of fused-ring (bicyclic) bond motifs is 1. The van der Waals surface area contributed by atoms with Gasteiger partial charge in [-0.25, -0.2) is 4.39 Å². The minimum atomic E-state index is -0.196. The van der Waals surface area contributed by atoms with Crippen LogP contribution in [0.25, 0.3) is 0 Å². The monoisotopic (exact) mass is 515 g/mol. The summed E-state index contributed by atoms with van der Waals surface area (Å²) in [5.74, 6) is 1.86. The van der Waals surface area contributed by atoms with Gasteiger partial charge >= 0.3 is 0 Å². The van der Waals surface area contributed by atoms with E-state index in [1.807, 2.05) is 24.3 Å². The van der Waals surface area contributed by atoms with E-state index in [9.17, 15) is 4.39 Å². The Labute approximate surface area is 187 Å². The van der Waals surface area contributed by atoms with Crippen molar-refractivity contribution in [3.05, 3.63) is 53.8 Å². The fourth-order valence-corrected chi connectivity index (χ4v) is 2.78. The van der Waals surface area contributed by atoms with Crippen LogP contribution in [0.5, 0.6) is 11.5 Å². The van der Waals surface area contributed by atoms with Gasteiger partial charge in [0.25, 0.3) is 0 Å². The van der Waals surface area contributed by atoms with E-state index >= 15 is 0 Å². The van der Waals surface area contributed by atoms with Crippen molar-refractivity contribution >= 4 is 35.6 Å². The van der Waals surface area contributed by atoms with Crippen molar-refractivity contribution in [3.63, 3.8) is 0 Å². The highest BCUT2D eigenvalue weighted by Gasteiger charge is 2.11. The minimum Gasteiger partial charge on any atom is -0.490 e. The zero-order valence-electron chi connectivity index (χ0n) is 16.4. The highest BCUT2D eigenvalue weighted by Crippen LogP contribution is 2.32. The van der Waals surface area contributed by atoms with Crippen molar-refractivity contribution in [2.75, 3.05) is 45.3 Å². The van der Waals surface area contributed by atoms with Crippen LogP contribution in [0.2, 0.25) is 0 Å². The third-order valence-electron chi connectivity index (χ3n) is 4.22. The lowest BCUT2D eigenvalue weighted by Crippen LogP contribution is -2.33. The second kappa shape index (κ2) is 12.5. The molecule has 0 amide bonds. The third kappa shape index (κ3) is 7.36. The summed E-state index contributed by atoms with van der Waals surface area (Å²) in [7, 11) is 1.64. The number of nitrogens with zero attached hydrogens (tertiary/aromatic N) is 1. The molecule has 0 radical (unpaired) electrons. The maximum Gasteiger partial charge on any atom is 0.195 e. The summed E-state index contributed by atoms with van der Waals surface area (Å²) in [6, 6.07) is 12.5. The summed E-state index contributed by atoms with van der Waals surface area (Å²) < 4.78 is 30.3. The highest BCUT2D eigenvalue weighted by molar-refractivity contribution is 14.0. The molecule has 0 aromatic heterocycles. The van der Waals surface area contributed by atoms with Gasteiger partial charge in [0, 0.05) is 31.8 Å². The normalized spacial score (nSPS) is 13.2. The molecule has 0 saturated heterocycles. The number of guanidine groups is 1. The van der Waals surface area contributed by atoms with E-state index in [1.54, 1.807) is 19.2 Å². The Morgan fingerprint density at radius 3 is 2.72 bits per heavy atom. The first-order valence-corrected chi connectivity index (χ1v) is 9.43. The van der Waals surface area contributed by atoms with Gasteiger partial charge in [0.1, 0.15) is 5.82 Å². The smallest absolute Gasteiger partial charge is 0.195 e. The topological polar surface area (TPSA) is 64.1 Å². The van der Waals surface area contributed by atoms with E-state index in [2.05, 4.69) is 15.6 Å². The molecule has 2 aromatic rings. The van der Waals surface area contributed by atoms with Gasteiger partial charge in [-0.1, -0.05) is 18.2 Å². The molecular formula is C21H27FIN3O3. The predicted octanol–water partition coefficient (Wildman–Crippen LogP) is 3.85. The number of nitrogens with one attached hydrogen (secondary N) is 2. The van der Waals surface area contributed by atoms with Crippen molar-refractivity contribution in [3.8, 4) is 11.5 Å². The van der Waals surface area contributed by atoms with Crippen molar-refractivity contribution in [2.45, 2.75) is 12.8 Å². The van der Waals surface area contributed by atoms with Crippen LogP contribution >= 0.6 is 24.0 Å². The Hall–Kier alpha value is -2.07. The summed E-state index contributed by atoms with van der Waals surface area (Å²) in [6.07, 6.45) is 1.41. The molecule has 8 heteroatoms. The SMILES string of the molecule is COCCN=C(NCCc1ccccc1F)Nc1ccc2c(c1)OCCCO2.I. The lowest BCUT2D eigenvalue weighted by atomic mass is 10.1. The molecule has 0 saturated carbocycles. The summed E-state index contributed by atoms with van der Waals surface area (Å²) in [4.78, 5) is 4.50. The average Bonchev–Trinajstić information content (AvgIpc) is 2.94. The quantitative estimate of drug-likeness (QED) is 0.254. The van der Waals surface area contributed by atoms with Gasteiger partial charge in [0.2, 0.25) is 0 Å². The molecule has 0 bridgehead atoms. The van der Waals surface area contributed by atoms with Gasteiger partial charge in [0.15, 0.2) is 17.5 Å². The number of ether oxygens (including phenoxy) is 3. The first-order chi connectivity index (χ1) is 13.8. The molecule has 3 rings (SSSR count). The fraction of sp³-hybridized carbons (Fsp3) is 0.381. The Morgan fingerprint density at radius 1 is 1.14 bits per heavy atom. The first-order valence-electron chi connectivity index (χ1n) is 9.43. The van der Waals surface area contributed by atoms with Gasteiger partial charge in [-0.3, -0.25) is 4.99 Å². The third-order valence-corrected chi connectivity index (χ3v) is 4.22. The number of hydrogen-bond acceptors (Lipinski definition) is 4. The van der Waals surface area contributed by atoms with E-state index in [4.69, 9.17) is 14.2 Å². The molecule has 0 spiro atoms. The zero-order chi connectivity index (χ0) is 19.6. The van der Waals surface area contributed by atoms with Crippen LogP contribution in [-0.4, -0.2) is 46.0 Å². The van der Waals surface area contributed by atoms with E-state index in [0.29, 0.717) is 56.6 Å². The summed E-state index contributed by atoms with van der Waals surface area (Å²) in [5, 5.41) is 6.50. The van der Waals surface area contributed by atoms with Crippen molar-refractivity contribution in [1.29, 1.82) is 0 Å². The molecule has 158 valence electrons. The van der Waals surface area contributed by atoms with Crippen molar-refractivity contribution in [1.82, 2.24) is 5.32 Å². The number of rotatable bonds is 7. The van der Waals surface area contributed by atoms with Gasteiger partial charge in [-0.15, -0.1) is 24.0 Å². The first kappa shape index (κ1) is 23.2. The van der Waals surface area contributed by atoms with Crippen LogP contribution in [0, 0.1) is 5.82 Å². The number of anilines is 1. The van der Waals surface area contributed by atoms with Crippen LogP contribution in [0.3, 0.4) is 0 Å². The van der Waals surface area contributed by atoms with Crippen LogP contribution in [0.15, 0.2) is 47.5 Å². The highest BCUT2D eigenvalue weighted by atomic mass is 127. The van der Waals surface area contributed by atoms with Gasteiger partial charge in [-0.05, 0) is 30.2 Å². The summed E-state index contributed by atoms with van der Waals surface area (Å²) in [6.45, 7) is 2.86. The van der Waals surface area contributed by atoms with E-state index < -0.39 is 0 Å². The minimum absolute atomic E-state index is 0. The number of hydrogen-bond donors (Lipinski definition) is 2. The standard InChI is InChI=1S/C21H26FN3O3.HI/c1-26-14-11-24-21(23-10-9-16-5-2-3-6-18(16)22)25-17-7-8-19-20(15-17)28-13-4-12-27-19;/h2-3,5-8,15H,4,9-14H2,1H3,(H2,23,24,25);1H. The Morgan fingerprint density at radius 2 is 1.93 bits per heavy atom. The van der Waals surface area contributed by atoms with Crippen molar-refractivity contribution in [2.24, 2.45) is 4.99 Å². The number of benzene rings is 2. The Balaban J connectivity index is 0.00000300. The molecule has 2 N–H and O–H groups in total. The van der Waals surface area contributed by atoms with E-state index in [-0.39, 0.29) is 29.8 Å². The van der Waals surface area contributed by atoms with Crippen LogP contribution in [0.1, 0.15) is 12.0 Å². The van der Waals surface area contributed by atoms with Gasteiger partial charge < -0.3 is 24.8 Å². The summed E-state index contributed by atoms with van der Waals surface area (Å²) in [5.41, 5.74) is 1.50. The van der Waals surface area contributed by atoms with E-state index in [1.165, 1.54) is 6.07 Å². The maximum absolute atomic E-state index is 13.8. The molecule has 0 fully saturated rings. The maximum atomic E-state index is 13.8. The largest absolute Gasteiger partial charge is 0.490 e. The van der Waals surface area contributed by atoms with Gasteiger partial charge in [0.05, 0.1) is 26.4 Å². The average molecular weight is 515 g/mol. The molecule has 0 atom stereocenters. The predicted molar refractivity (Wildman–Crippen MR) is 123 cm³/mol. The molecule has 0 unspecified atom stereocenters. The lowest BCUT2D eigenvalue weighted by Gasteiger charge is -2.15. The second-order valence-electron chi connectivity index (χ2n) is 6.33. The van der Waals surface area contributed by atoms with Crippen LogP contribution in [0.4, 0.5) is 10.1 Å². The Kier molecular flexibility index (Phi) is 9.99. The molecule has 2 aromatic carbocycles. The van der Waals surface area contributed by atoms with Crippen LogP contribution < -0.4 is 20.1 Å². The molecule has 1 aliphatic heterocycles. The number of aliphatic imine (C=N–C) groups is 1. The summed E-state index contributed by atoms with van der Waals surface area (Å²) >= 11 is 0. The number of halogens is 2. The number of methoxy groups -OCH3 is 1. The molecule has 0 aliphatic carbocycles. The zero-order valence-corrected chi connectivity index (χ0v) is 18.8. The molecule has 29 heavy (non-hydrogen) atoms. The van der Waals surface area contributed by atoms with Gasteiger partial charge in [-0.2, -0.15) is 0 Å². The Bertz CT molecular complexity index is 804. The van der Waals surface area contributed by atoms with E-state index in [0.717, 1.165) is 17.9 Å².